The molecule has 0 atom stereocenters. The summed E-state index contributed by atoms with van der Waals surface area (Å²) < 4.78 is 19.5. The molecule has 0 amide bonds. The van der Waals surface area contributed by atoms with Crippen LogP contribution in [0.1, 0.15) is 5.69 Å². The first-order valence-corrected chi connectivity index (χ1v) is 6.93. The maximum Gasteiger partial charge on any atom is 0.130 e. The van der Waals surface area contributed by atoms with Crippen LogP contribution in [-0.4, -0.2) is 4.98 Å². The highest BCUT2D eigenvalue weighted by molar-refractivity contribution is 9.10. The van der Waals surface area contributed by atoms with Crippen LogP contribution in [-0.2, 0) is 6.61 Å². The summed E-state index contributed by atoms with van der Waals surface area (Å²) in [5, 5.41) is 1.09. The molecule has 4 heteroatoms. The van der Waals surface area contributed by atoms with E-state index in [-0.39, 0.29) is 5.82 Å². The third-order valence-electron chi connectivity index (χ3n) is 2.88. The molecule has 0 radical (unpaired) electrons. The molecule has 0 spiro atoms. The molecule has 20 heavy (non-hydrogen) atoms. The van der Waals surface area contributed by atoms with Crippen LogP contribution in [0.15, 0.2) is 59.1 Å². The Bertz CT molecular complexity index is 740. The fourth-order valence-corrected chi connectivity index (χ4v) is 2.40. The van der Waals surface area contributed by atoms with Gasteiger partial charge in [0, 0.05) is 15.9 Å². The summed E-state index contributed by atoms with van der Waals surface area (Å²) in [5.74, 6) is 0.146. The van der Waals surface area contributed by atoms with E-state index in [0.29, 0.717) is 16.8 Å². The molecule has 0 N–H and O–H groups in total. The fourth-order valence-electron chi connectivity index (χ4n) is 1.96. The summed E-state index contributed by atoms with van der Waals surface area (Å²) in [4.78, 5) is 4.50. The number of nitrogens with zero attached hydrogens (tertiary/aromatic N) is 1. The minimum Gasteiger partial charge on any atom is -0.487 e. The molecular weight excluding hydrogens is 321 g/mol. The molecular formula is C16H11BrFNO. The average molecular weight is 332 g/mol. The summed E-state index contributed by atoms with van der Waals surface area (Å²) in [6.45, 7) is 0.306. The maximum atomic E-state index is 13.2. The van der Waals surface area contributed by atoms with E-state index in [1.807, 2.05) is 36.4 Å². The van der Waals surface area contributed by atoms with E-state index in [4.69, 9.17) is 4.74 Å². The van der Waals surface area contributed by atoms with Crippen molar-refractivity contribution in [2.75, 3.05) is 0 Å². The Kier molecular flexibility index (Phi) is 3.65. The molecule has 0 unspecified atom stereocenters. The molecule has 0 aliphatic heterocycles. The van der Waals surface area contributed by atoms with Crippen molar-refractivity contribution in [3.05, 3.63) is 70.6 Å². The predicted molar refractivity (Wildman–Crippen MR) is 80.2 cm³/mol. The van der Waals surface area contributed by atoms with Gasteiger partial charge in [-0.3, -0.25) is 0 Å². The van der Waals surface area contributed by atoms with Crippen molar-refractivity contribution in [1.82, 2.24) is 4.98 Å². The van der Waals surface area contributed by atoms with Gasteiger partial charge >= 0.3 is 0 Å². The van der Waals surface area contributed by atoms with Crippen LogP contribution < -0.4 is 4.74 Å². The highest BCUT2D eigenvalue weighted by atomic mass is 79.9. The van der Waals surface area contributed by atoms with Crippen LogP contribution in [0.4, 0.5) is 4.39 Å². The van der Waals surface area contributed by atoms with E-state index >= 15 is 0 Å². The molecule has 1 heterocycles. The Labute approximate surface area is 124 Å². The lowest BCUT2D eigenvalue weighted by atomic mass is 10.2. The first-order valence-electron chi connectivity index (χ1n) is 6.14. The van der Waals surface area contributed by atoms with E-state index in [1.165, 1.54) is 12.1 Å². The van der Waals surface area contributed by atoms with Gasteiger partial charge in [-0.1, -0.05) is 40.2 Å². The van der Waals surface area contributed by atoms with Gasteiger partial charge in [0.1, 0.15) is 18.2 Å². The Hall–Kier alpha value is -1.94. The average Bonchev–Trinajstić information content (AvgIpc) is 2.44. The van der Waals surface area contributed by atoms with Crippen molar-refractivity contribution < 1.29 is 9.13 Å². The molecule has 2 nitrogen and oxygen atoms in total. The number of hydrogen-bond acceptors (Lipinski definition) is 2. The monoisotopic (exact) mass is 331 g/mol. The second-order valence-electron chi connectivity index (χ2n) is 4.39. The van der Waals surface area contributed by atoms with Crippen LogP contribution in [0.2, 0.25) is 0 Å². The number of ether oxygens (including phenoxy) is 1. The standard InChI is InChI=1S/C16H11BrFNO/c17-12-7-13(18)9-15(8-12)20-10-14-6-5-11-3-1-2-4-16(11)19-14/h1-9H,10H2. The van der Waals surface area contributed by atoms with E-state index < -0.39 is 0 Å². The number of halogens is 2. The summed E-state index contributed by atoms with van der Waals surface area (Å²) >= 11 is 3.24. The van der Waals surface area contributed by atoms with Gasteiger partial charge < -0.3 is 4.74 Å². The highest BCUT2D eigenvalue weighted by Crippen LogP contribution is 2.21. The molecule has 1 aromatic heterocycles. The molecule has 0 aliphatic carbocycles. The number of fused-ring (bicyclic) bond motifs is 1. The molecule has 0 aliphatic rings. The summed E-state index contributed by atoms with van der Waals surface area (Å²) in [5.41, 5.74) is 1.73. The maximum absolute atomic E-state index is 13.2. The summed E-state index contributed by atoms with van der Waals surface area (Å²) in [6.07, 6.45) is 0. The Morgan fingerprint density at radius 2 is 1.90 bits per heavy atom. The second-order valence-corrected chi connectivity index (χ2v) is 5.30. The van der Waals surface area contributed by atoms with E-state index in [2.05, 4.69) is 20.9 Å². The van der Waals surface area contributed by atoms with Crippen molar-refractivity contribution in [3.63, 3.8) is 0 Å². The summed E-state index contributed by atoms with van der Waals surface area (Å²) in [6, 6.07) is 16.3. The van der Waals surface area contributed by atoms with E-state index in [9.17, 15) is 4.39 Å². The molecule has 2 aromatic carbocycles. The quantitative estimate of drug-likeness (QED) is 0.693. The molecule has 0 bridgehead atoms. The van der Waals surface area contributed by atoms with Gasteiger partial charge in [0.15, 0.2) is 0 Å². The molecule has 0 saturated carbocycles. The molecule has 0 saturated heterocycles. The number of pyridine rings is 1. The SMILES string of the molecule is Fc1cc(Br)cc(OCc2ccc3ccccc3n2)c1. The third-order valence-corrected chi connectivity index (χ3v) is 3.34. The van der Waals surface area contributed by atoms with Gasteiger partial charge in [-0.15, -0.1) is 0 Å². The molecule has 3 aromatic rings. The van der Waals surface area contributed by atoms with Crippen LogP contribution >= 0.6 is 15.9 Å². The van der Waals surface area contributed by atoms with Crippen molar-refractivity contribution in [3.8, 4) is 5.75 Å². The zero-order chi connectivity index (χ0) is 13.9. The van der Waals surface area contributed by atoms with Crippen molar-refractivity contribution in [2.24, 2.45) is 0 Å². The second kappa shape index (κ2) is 5.59. The highest BCUT2D eigenvalue weighted by Gasteiger charge is 2.02. The largest absolute Gasteiger partial charge is 0.487 e. The molecule has 0 fully saturated rings. The number of para-hydroxylation sites is 1. The third kappa shape index (κ3) is 2.96. The van der Waals surface area contributed by atoms with Gasteiger partial charge in [-0.25, -0.2) is 9.37 Å². The zero-order valence-corrected chi connectivity index (χ0v) is 12.1. The Morgan fingerprint density at radius 3 is 2.75 bits per heavy atom. The van der Waals surface area contributed by atoms with Crippen molar-refractivity contribution in [2.45, 2.75) is 6.61 Å². The number of benzene rings is 2. The molecule has 100 valence electrons. The Balaban J connectivity index is 1.79. The summed E-state index contributed by atoms with van der Waals surface area (Å²) in [7, 11) is 0. The first kappa shape index (κ1) is 13.1. The predicted octanol–water partition coefficient (Wildman–Crippen LogP) is 4.72. The lowest BCUT2D eigenvalue weighted by molar-refractivity contribution is 0.300. The van der Waals surface area contributed by atoms with Gasteiger partial charge in [-0.05, 0) is 24.3 Å². The van der Waals surface area contributed by atoms with E-state index in [0.717, 1.165) is 16.6 Å². The minimum atomic E-state index is -0.333. The van der Waals surface area contributed by atoms with Crippen LogP contribution in [0.25, 0.3) is 10.9 Å². The van der Waals surface area contributed by atoms with Crippen LogP contribution in [0, 0.1) is 5.82 Å². The number of aromatic nitrogens is 1. The van der Waals surface area contributed by atoms with Crippen LogP contribution in [0.5, 0.6) is 5.75 Å². The van der Waals surface area contributed by atoms with Gasteiger partial charge in [-0.2, -0.15) is 0 Å². The minimum absolute atomic E-state index is 0.306. The molecule has 3 rings (SSSR count). The smallest absolute Gasteiger partial charge is 0.130 e. The lowest BCUT2D eigenvalue weighted by Gasteiger charge is -2.07. The first-order chi connectivity index (χ1) is 9.70. The van der Waals surface area contributed by atoms with E-state index in [1.54, 1.807) is 6.07 Å². The van der Waals surface area contributed by atoms with Crippen molar-refractivity contribution >= 4 is 26.8 Å². The number of hydrogen-bond donors (Lipinski definition) is 0. The number of rotatable bonds is 3. The van der Waals surface area contributed by atoms with Crippen molar-refractivity contribution in [1.29, 1.82) is 0 Å². The van der Waals surface area contributed by atoms with Gasteiger partial charge in [0.05, 0.1) is 11.2 Å². The Morgan fingerprint density at radius 1 is 1.05 bits per heavy atom. The normalized spacial score (nSPS) is 10.7. The van der Waals surface area contributed by atoms with Gasteiger partial charge in [0.25, 0.3) is 0 Å². The topological polar surface area (TPSA) is 22.1 Å². The zero-order valence-electron chi connectivity index (χ0n) is 10.5. The van der Waals surface area contributed by atoms with Crippen LogP contribution in [0.3, 0.4) is 0 Å². The van der Waals surface area contributed by atoms with Gasteiger partial charge in [0.2, 0.25) is 0 Å². The lowest BCUT2D eigenvalue weighted by Crippen LogP contribution is -1.98. The fraction of sp³-hybridized carbons (Fsp3) is 0.0625.